The molecule has 0 radical (unpaired) electrons. The lowest BCUT2D eigenvalue weighted by molar-refractivity contribution is -0.0365. The van der Waals surface area contributed by atoms with E-state index < -0.39 is 0 Å². The van der Waals surface area contributed by atoms with Crippen molar-refractivity contribution in [2.45, 2.75) is 25.5 Å². The second-order valence-electron chi connectivity index (χ2n) is 6.82. The largest absolute Gasteiger partial charge is 0.356 e. The second-order valence-corrected chi connectivity index (χ2v) is 6.82. The third-order valence-electron chi connectivity index (χ3n) is 4.93. The summed E-state index contributed by atoms with van der Waals surface area (Å²) in [4.78, 5) is 9.17. The average molecular weight is 360 g/mol. The molecule has 0 N–H and O–H groups in total. The van der Waals surface area contributed by atoms with Crippen LogP contribution in [0.2, 0.25) is 0 Å². The summed E-state index contributed by atoms with van der Waals surface area (Å²) >= 11 is 0. The summed E-state index contributed by atoms with van der Waals surface area (Å²) < 4.78 is 9.73. The number of aromatic nitrogens is 6. The lowest BCUT2D eigenvalue weighted by Gasteiger charge is -2.23. The van der Waals surface area contributed by atoms with Crippen LogP contribution in [0.15, 0.2) is 49.1 Å². The van der Waals surface area contributed by atoms with Crippen molar-refractivity contribution in [2.24, 2.45) is 7.05 Å². The van der Waals surface area contributed by atoms with E-state index in [4.69, 9.17) is 9.84 Å². The van der Waals surface area contributed by atoms with Crippen LogP contribution < -0.4 is 0 Å². The van der Waals surface area contributed by atoms with E-state index in [1.807, 2.05) is 48.5 Å². The molecule has 4 aromatic heterocycles. The molecule has 0 amide bonds. The van der Waals surface area contributed by atoms with Gasteiger partial charge in [-0.05, 0) is 37.5 Å². The van der Waals surface area contributed by atoms with Gasteiger partial charge in [0.1, 0.15) is 5.69 Å². The molecule has 136 valence electrons. The van der Waals surface area contributed by atoms with Crippen LogP contribution in [0.25, 0.3) is 33.5 Å². The molecule has 0 bridgehead atoms. The summed E-state index contributed by atoms with van der Waals surface area (Å²) in [5.74, 6) is 0. The first-order valence-electron chi connectivity index (χ1n) is 9.20. The molecule has 5 heterocycles. The maximum atomic E-state index is 5.98. The summed E-state index contributed by atoms with van der Waals surface area (Å²) in [6, 6.07) is 7.95. The highest BCUT2D eigenvalue weighted by atomic mass is 16.5. The minimum Gasteiger partial charge on any atom is -0.356 e. The molecule has 1 saturated heterocycles. The summed E-state index contributed by atoms with van der Waals surface area (Å²) in [7, 11) is 1.90. The number of fused-ring (bicyclic) bond motifs is 1. The quantitative estimate of drug-likeness (QED) is 0.558. The number of ether oxygens (including phenoxy) is 1. The van der Waals surface area contributed by atoms with Crippen molar-refractivity contribution in [3.05, 3.63) is 49.1 Å². The normalized spacial score (nSPS) is 17.4. The van der Waals surface area contributed by atoms with Crippen LogP contribution in [0.1, 0.15) is 25.5 Å². The number of pyridine rings is 2. The van der Waals surface area contributed by atoms with Crippen molar-refractivity contribution in [3.8, 4) is 22.6 Å². The third kappa shape index (κ3) is 2.90. The van der Waals surface area contributed by atoms with E-state index in [0.29, 0.717) is 0 Å². The Morgan fingerprint density at radius 1 is 1.11 bits per heavy atom. The molecule has 7 nitrogen and oxygen atoms in total. The second kappa shape index (κ2) is 6.59. The fourth-order valence-corrected chi connectivity index (χ4v) is 3.58. The zero-order chi connectivity index (χ0) is 18.2. The van der Waals surface area contributed by atoms with Crippen LogP contribution in [0.5, 0.6) is 0 Å². The van der Waals surface area contributed by atoms with E-state index in [-0.39, 0.29) is 6.23 Å². The fraction of sp³-hybridized carbons (Fsp3) is 0.300. The first-order chi connectivity index (χ1) is 13.3. The van der Waals surface area contributed by atoms with Crippen LogP contribution in [-0.4, -0.2) is 36.1 Å². The number of aryl methyl sites for hydroxylation is 1. The number of rotatable bonds is 3. The molecule has 5 rings (SSSR count). The molecule has 0 saturated carbocycles. The predicted molar refractivity (Wildman–Crippen MR) is 102 cm³/mol. The summed E-state index contributed by atoms with van der Waals surface area (Å²) in [5.41, 5.74) is 4.52. The van der Waals surface area contributed by atoms with Gasteiger partial charge >= 0.3 is 0 Å². The van der Waals surface area contributed by atoms with Gasteiger partial charge in [0, 0.05) is 37.0 Å². The smallest absolute Gasteiger partial charge is 0.150 e. The topological polar surface area (TPSA) is 70.7 Å². The Balaban J connectivity index is 1.70. The number of nitrogens with zero attached hydrogens (tertiary/aromatic N) is 6. The predicted octanol–water partition coefficient (Wildman–Crippen LogP) is 3.59. The minimum absolute atomic E-state index is 0.0512. The monoisotopic (exact) mass is 360 g/mol. The molecule has 0 spiro atoms. The first kappa shape index (κ1) is 16.1. The van der Waals surface area contributed by atoms with Gasteiger partial charge in [-0.3, -0.25) is 14.6 Å². The Bertz CT molecular complexity index is 1080. The van der Waals surface area contributed by atoms with Gasteiger partial charge < -0.3 is 4.74 Å². The average Bonchev–Trinajstić information content (AvgIpc) is 3.33. The zero-order valence-electron chi connectivity index (χ0n) is 15.1. The highest BCUT2D eigenvalue weighted by Crippen LogP contribution is 2.33. The molecule has 0 aromatic carbocycles. The van der Waals surface area contributed by atoms with E-state index in [0.717, 1.165) is 59.4 Å². The standard InChI is InChI=1S/C20H20N6O/c1-25-13-14(11-23-25)17-10-15-18(12-22-17)26(19-7-3-5-9-27-19)24-20(15)16-6-2-4-8-21-16/h2,4,6,8,10-13,19H,3,5,7,9H2,1H3. The summed E-state index contributed by atoms with van der Waals surface area (Å²) in [5, 5.41) is 10.2. The lowest BCUT2D eigenvalue weighted by Crippen LogP contribution is -2.19. The van der Waals surface area contributed by atoms with Crippen molar-refractivity contribution in [1.82, 2.24) is 29.5 Å². The van der Waals surface area contributed by atoms with E-state index in [9.17, 15) is 0 Å². The van der Waals surface area contributed by atoms with Gasteiger partial charge in [-0.25, -0.2) is 4.68 Å². The van der Waals surface area contributed by atoms with Gasteiger partial charge in [-0.1, -0.05) is 6.07 Å². The van der Waals surface area contributed by atoms with Crippen LogP contribution >= 0.6 is 0 Å². The minimum atomic E-state index is -0.0512. The molecular formula is C20H20N6O. The molecule has 0 aliphatic carbocycles. The van der Waals surface area contributed by atoms with E-state index >= 15 is 0 Å². The Hall–Kier alpha value is -3.06. The molecule has 1 aliphatic rings. The molecule has 27 heavy (non-hydrogen) atoms. The highest BCUT2D eigenvalue weighted by Gasteiger charge is 2.23. The van der Waals surface area contributed by atoms with Gasteiger partial charge in [0.25, 0.3) is 0 Å². The Morgan fingerprint density at radius 2 is 2.07 bits per heavy atom. The van der Waals surface area contributed by atoms with Crippen molar-refractivity contribution < 1.29 is 4.74 Å². The molecule has 1 atom stereocenters. The van der Waals surface area contributed by atoms with Gasteiger partial charge in [-0.15, -0.1) is 0 Å². The maximum Gasteiger partial charge on any atom is 0.150 e. The van der Waals surface area contributed by atoms with E-state index in [1.54, 1.807) is 10.9 Å². The van der Waals surface area contributed by atoms with Crippen molar-refractivity contribution >= 4 is 10.9 Å². The van der Waals surface area contributed by atoms with Crippen LogP contribution in [0, 0.1) is 0 Å². The van der Waals surface area contributed by atoms with Crippen LogP contribution in [-0.2, 0) is 11.8 Å². The number of hydrogen-bond acceptors (Lipinski definition) is 5. The third-order valence-corrected chi connectivity index (χ3v) is 4.93. The molecule has 1 unspecified atom stereocenters. The van der Waals surface area contributed by atoms with Crippen molar-refractivity contribution in [1.29, 1.82) is 0 Å². The fourth-order valence-electron chi connectivity index (χ4n) is 3.58. The SMILES string of the molecule is Cn1cc(-c2cc3c(-c4ccccn4)nn(C4CCCCO4)c3cn2)cn1. The van der Waals surface area contributed by atoms with Gasteiger partial charge in [-0.2, -0.15) is 10.2 Å². The number of hydrogen-bond donors (Lipinski definition) is 0. The zero-order valence-corrected chi connectivity index (χ0v) is 15.1. The molecule has 4 aromatic rings. The van der Waals surface area contributed by atoms with Crippen LogP contribution in [0.4, 0.5) is 0 Å². The highest BCUT2D eigenvalue weighted by molar-refractivity contribution is 5.94. The molecular weight excluding hydrogens is 340 g/mol. The molecule has 7 heteroatoms. The van der Waals surface area contributed by atoms with Gasteiger partial charge in [0.05, 0.1) is 29.3 Å². The Kier molecular flexibility index (Phi) is 3.94. The van der Waals surface area contributed by atoms with E-state index in [2.05, 4.69) is 21.1 Å². The van der Waals surface area contributed by atoms with Gasteiger partial charge in [0.15, 0.2) is 6.23 Å². The molecule has 1 aliphatic heterocycles. The lowest BCUT2D eigenvalue weighted by atomic mass is 10.1. The Morgan fingerprint density at radius 3 is 2.81 bits per heavy atom. The molecule has 1 fully saturated rings. The summed E-state index contributed by atoms with van der Waals surface area (Å²) in [6.07, 6.45) is 10.6. The van der Waals surface area contributed by atoms with E-state index in [1.165, 1.54) is 0 Å². The maximum absolute atomic E-state index is 5.98. The summed E-state index contributed by atoms with van der Waals surface area (Å²) in [6.45, 7) is 0.770. The van der Waals surface area contributed by atoms with Crippen molar-refractivity contribution in [2.75, 3.05) is 6.61 Å². The Labute approximate surface area is 156 Å². The first-order valence-corrected chi connectivity index (χ1v) is 9.20. The van der Waals surface area contributed by atoms with Gasteiger partial charge in [0.2, 0.25) is 0 Å². The van der Waals surface area contributed by atoms with Crippen LogP contribution in [0.3, 0.4) is 0 Å². The van der Waals surface area contributed by atoms with Crippen molar-refractivity contribution in [3.63, 3.8) is 0 Å².